The summed E-state index contributed by atoms with van der Waals surface area (Å²) < 4.78 is 9.95. The van der Waals surface area contributed by atoms with Gasteiger partial charge in [0.2, 0.25) is 6.10 Å². The number of benzene rings is 1. The summed E-state index contributed by atoms with van der Waals surface area (Å²) in [4.78, 5) is 23.4. The van der Waals surface area contributed by atoms with Crippen molar-refractivity contribution in [3.63, 3.8) is 0 Å². The van der Waals surface area contributed by atoms with Gasteiger partial charge in [0.25, 0.3) is 0 Å². The molecule has 1 heterocycles. The van der Waals surface area contributed by atoms with Crippen molar-refractivity contribution in [1.82, 2.24) is 0 Å². The molecule has 2 rings (SSSR count). The molecular formula is C16H18O5. The fourth-order valence-electron chi connectivity index (χ4n) is 1.97. The van der Waals surface area contributed by atoms with Crippen LogP contribution in [0.4, 0.5) is 0 Å². The largest absolute Gasteiger partial charge is 0.462 e. The summed E-state index contributed by atoms with van der Waals surface area (Å²) >= 11 is 0. The van der Waals surface area contributed by atoms with Gasteiger partial charge in [0.05, 0.1) is 0 Å². The predicted octanol–water partition coefficient (Wildman–Crippen LogP) is 1.56. The molecule has 1 aliphatic rings. The normalized spacial score (nSPS) is 22.0. The third-order valence-electron chi connectivity index (χ3n) is 3.26. The molecule has 0 aromatic heterocycles. The first kappa shape index (κ1) is 15.3. The molecule has 0 spiro atoms. The fraction of sp³-hybridized carbons (Fsp3) is 0.375. The zero-order valence-electron chi connectivity index (χ0n) is 12.0. The number of hydrogen-bond donors (Lipinski definition) is 1. The Morgan fingerprint density at radius 1 is 1.43 bits per heavy atom. The maximum atomic E-state index is 11.8. The Bertz CT molecular complexity index is 547. The highest BCUT2D eigenvalue weighted by atomic mass is 16.6. The standard InChI is InChI=1S/C16H18O5/c1-16(2)10-20-15(19)13(16)21-14(18)12(17)9-8-11-6-4-3-5-7-11/h3-9,12-13,17H,10H2,1-2H3/b9-8+/t12-,13+/m1/s1. The van der Waals surface area contributed by atoms with E-state index >= 15 is 0 Å². The molecule has 1 aromatic rings. The van der Waals surface area contributed by atoms with Crippen LogP contribution in [0.5, 0.6) is 0 Å². The van der Waals surface area contributed by atoms with Crippen molar-refractivity contribution in [3.8, 4) is 0 Å². The average molecular weight is 290 g/mol. The molecule has 1 saturated heterocycles. The summed E-state index contributed by atoms with van der Waals surface area (Å²) in [7, 11) is 0. The van der Waals surface area contributed by atoms with Crippen molar-refractivity contribution in [3.05, 3.63) is 42.0 Å². The Labute approximate surface area is 123 Å². The smallest absolute Gasteiger partial charge is 0.348 e. The van der Waals surface area contributed by atoms with E-state index in [9.17, 15) is 14.7 Å². The van der Waals surface area contributed by atoms with E-state index in [1.165, 1.54) is 6.08 Å². The van der Waals surface area contributed by atoms with Gasteiger partial charge in [-0.1, -0.05) is 50.3 Å². The van der Waals surface area contributed by atoms with Gasteiger partial charge in [-0.15, -0.1) is 0 Å². The van der Waals surface area contributed by atoms with Crippen LogP contribution in [0.15, 0.2) is 36.4 Å². The zero-order chi connectivity index (χ0) is 15.5. The van der Waals surface area contributed by atoms with Crippen LogP contribution in [0.1, 0.15) is 19.4 Å². The maximum absolute atomic E-state index is 11.8. The predicted molar refractivity (Wildman–Crippen MR) is 76.1 cm³/mol. The van der Waals surface area contributed by atoms with Crippen molar-refractivity contribution in [2.75, 3.05) is 6.61 Å². The second kappa shape index (κ2) is 6.10. The van der Waals surface area contributed by atoms with E-state index in [0.717, 1.165) is 5.56 Å². The quantitative estimate of drug-likeness (QED) is 0.852. The summed E-state index contributed by atoms with van der Waals surface area (Å²) in [6, 6.07) is 9.25. The van der Waals surface area contributed by atoms with Crippen molar-refractivity contribution < 1.29 is 24.2 Å². The van der Waals surface area contributed by atoms with Crippen molar-refractivity contribution in [2.24, 2.45) is 5.41 Å². The SMILES string of the molecule is CC1(C)COC(=O)[C@@H]1OC(=O)[C@H](O)/C=C/c1ccccc1. The first-order chi connectivity index (χ1) is 9.90. The first-order valence-electron chi connectivity index (χ1n) is 6.68. The van der Waals surface area contributed by atoms with Gasteiger partial charge in [-0.3, -0.25) is 0 Å². The van der Waals surface area contributed by atoms with Gasteiger partial charge in [-0.2, -0.15) is 0 Å². The number of carbonyl (C=O) groups excluding carboxylic acids is 2. The van der Waals surface area contributed by atoms with Crippen LogP contribution in [0.25, 0.3) is 6.08 Å². The molecule has 1 N–H and O–H groups in total. The second-order valence-corrected chi connectivity index (χ2v) is 5.63. The number of carbonyl (C=O) groups is 2. The Morgan fingerprint density at radius 3 is 2.67 bits per heavy atom. The number of aliphatic hydroxyl groups is 1. The minimum atomic E-state index is -1.42. The van der Waals surface area contributed by atoms with E-state index in [-0.39, 0.29) is 6.61 Å². The Kier molecular flexibility index (Phi) is 4.43. The first-order valence-corrected chi connectivity index (χ1v) is 6.68. The molecular weight excluding hydrogens is 272 g/mol. The lowest BCUT2D eigenvalue weighted by Gasteiger charge is -2.22. The van der Waals surface area contributed by atoms with Gasteiger partial charge in [0.15, 0.2) is 6.10 Å². The number of cyclic esters (lactones) is 1. The highest BCUT2D eigenvalue weighted by Gasteiger charge is 2.47. The van der Waals surface area contributed by atoms with E-state index in [2.05, 4.69) is 0 Å². The topological polar surface area (TPSA) is 72.8 Å². The number of hydrogen-bond acceptors (Lipinski definition) is 5. The molecule has 0 saturated carbocycles. The Hall–Kier alpha value is -2.14. The van der Waals surface area contributed by atoms with Crippen LogP contribution in [-0.4, -0.2) is 35.9 Å². The van der Waals surface area contributed by atoms with Crippen molar-refractivity contribution >= 4 is 18.0 Å². The highest BCUT2D eigenvalue weighted by Crippen LogP contribution is 2.31. The van der Waals surface area contributed by atoms with E-state index < -0.39 is 29.6 Å². The lowest BCUT2D eigenvalue weighted by molar-refractivity contribution is -0.167. The molecule has 0 unspecified atom stereocenters. The molecule has 5 heteroatoms. The van der Waals surface area contributed by atoms with Crippen LogP contribution in [0.2, 0.25) is 0 Å². The van der Waals surface area contributed by atoms with Gasteiger partial charge in [0.1, 0.15) is 6.61 Å². The minimum Gasteiger partial charge on any atom is -0.462 e. The van der Waals surface area contributed by atoms with Gasteiger partial charge in [-0.25, -0.2) is 9.59 Å². The van der Waals surface area contributed by atoms with Crippen LogP contribution in [-0.2, 0) is 19.1 Å². The number of ether oxygens (including phenoxy) is 2. The maximum Gasteiger partial charge on any atom is 0.348 e. The van der Waals surface area contributed by atoms with Crippen LogP contribution in [0, 0.1) is 5.41 Å². The monoisotopic (exact) mass is 290 g/mol. The highest BCUT2D eigenvalue weighted by molar-refractivity contribution is 5.84. The molecule has 1 aliphatic heterocycles. The van der Waals surface area contributed by atoms with Gasteiger partial charge in [0, 0.05) is 5.41 Å². The van der Waals surface area contributed by atoms with Crippen LogP contribution >= 0.6 is 0 Å². The minimum absolute atomic E-state index is 0.194. The van der Waals surface area contributed by atoms with Gasteiger partial charge in [-0.05, 0) is 11.6 Å². The van der Waals surface area contributed by atoms with Crippen LogP contribution in [0.3, 0.4) is 0 Å². The van der Waals surface area contributed by atoms with Crippen molar-refractivity contribution in [1.29, 1.82) is 0 Å². The molecule has 112 valence electrons. The molecule has 0 aliphatic carbocycles. The van der Waals surface area contributed by atoms with Crippen molar-refractivity contribution in [2.45, 2.75) is 26.1 Å². The molecule has 0 radical (unpaired) electrons. The molecule has 1 aromatic carbocycles. The number of aliphatic hydroxyl groups excluding tert-OH is 1. The average Bonchev–Trinajstić information content (AvgIpc) is 2.72. The molecule has 5 nitrogen and oxygen atoms in total. The lowest BCUT2D eigenvalue weighted by atomic mass is 9.90. The molecule has 21 heavy (non-hydrogen) atoms. The van der Waals surface area contributed by atoms with E-state index in [1.54, 1.807) is 19.9 Å². The number of rotatable bonds is 4. The number of esters is 2. The van der Waals surface area contributed by atoms with E-state index in [0.29, 0.717) is 0 Å². The zero-order valence-corrected chi connectivity index (χ0v) is 12.0. The van der Waals surface area contributed by atoms with Crippen LogP contribution < -0.4 is 0 Å². The summed E-state index contributed by atoms with van der Waals surface area (Å²) in [5.41, 5.74) is 0.264. The Balaban J connectivity index is 1.97. The third kappa shape index (κ3) is 3.70. The summed E-state index contributed by atoms with van der Waals surface area (Å²) in [6.45, 7) is 3.73. The second-order valence-electron chi connectivity index (χ2n) is 5.63. The van der Waals surface area contributed by atoms with Gasteiger partial charge >= 0.3 is 11.9 Å². The summed E-state index contributed by atoms with van der Waals surface area (Å²) in [5.74, 6) is -1.44. The third-order valence-corrected chi connectivity index (χ3v) is 3.26. The van der Waals surface area contributed by atoms with E-state index in [4.69, 9.17) is 9.47 Å². The lowest BCUT2D eigenvalue weighted by Crippen LogP contribution is -2.37. The molecule has 2 atom stereocenters. The Morgan fingerprint density at radius 2 is 2.10 bits per heavy atom. The summed E-state index contributed by atoms with van der Waals surface area (Å²) in [5, 5.41) is 9.78. The van der Waals surface area contributed by atoms with E-state index in [1.807, 2.05) is 30.3 Å². The van der Waals surface area contributed by atoms with Gasteiger partial charge < -0.3 is 14.6 Å². The fourth-order valence-corrected chi connectivity index (χ4v) is 1.97. The molecule has 0 bridgehead atoms. The summed E-state index contributed by atoms with van der Waals surface area (Å²) in [6.07, 6.45) is 0.536. The molecule has 1 fully saturated rings. The molecule has 0 amide bonds.